The molecule has 230 valence electrons. The van der Waals surface area contributed by atoms with Gasteiger partial charge in [-0.15, -0.1) is 0 Å². The Hall–Kier alpha value is -5.60. The largest absolute Gasteiger partial charge is 0.256 e. The van der Waals surface area contributed by atoms with Gasteiger partial charge in [-0.05, 0) is 115 Å². The molecule has 9 rings (SSSR count). The van der Waals surface area contributed by atoms with Gasteiger partial charge >= 0.3 is 0 Å². The van der Waals surface area contributed by atoms with Crippen LogP contribution in [-0.2, 0) is 10.8 Å². The molecule has 0 N–H and O–H groups in total. The number of aromatic nitrogens is 2. The molecule has 5 aromatic carbocycles. The van der Waals surface area contributed by atoms with Crippen LogP contribution in [0, 0.1) is 0 Å². The second-order valence-corrected chi connectivity index (χ2v) is 14.3. The van der Waals surface area contributed by atoms with Crippen molar-refractivity contribution in [3.8, 4) is 67.0 Å². The Labute approximate surface area is 282 Å². The first-order chi connectivity index (χ1) is 23.3. The van der Waals surface area contributed by atoms with Crippen LogP contribution >= 0.6 is 0 Å². The van der Waals surface area contributed by atoms with E-state index in [-0.39, 0.29) is 10.8 Å². The fourth-order valence-corrected chi connectivity index (χ4v) is 8.19. The van der Waals surface area contributed by atoms with E-state index in [1.165, 1.54) is 61.2 Å². The molecule has 0 unspecified atom stereocenters. The van der Waals surface area contributed by atoms with Gasteiger partial charge in [0.15, 0.2) is 0 Å². The van der Waals surface area contributed by atoms with Crippen LogP contribution in [0.3, 0.4) is 0 Å². The summed E-state index contributed by atoms with van der Waals surface area (Å²) in [7, 11) is 0. The maximum atomic E-state index is 4.74. The minimum absolute atomic E-state index is 0.0213. The molecule has 2 heteroatoms. The average Bonchev–Trinajstić information content (AvgIpc) is 3.50. The summed E-state index contributed by atoms with van der Waals surface area (Å²) in [5.41, 5.74) is 19.8. The Kier molecular flexibility index (Phi) is 6.23. The van der Waals surface area contributed by atoms with E-state index in [0.717, 1.165) is 28.1 Å². The molecule has 0 radical (unpaired) electrons. The molecular weight excluding hydrogens is 581 g/mol. The number of nitrogens with zero attached hydrogens (tertiary/aromatic N) is 2. The summed E-state index contributed by atoms with van der Waals surface area (Å²) < 4.78 is 0. The maximum absolute atomic E-state index is 4.74. The molecule has 2 nitrogen and oxygen atoms in total. The second-order valence-electron chi connectivity index (χ2n) is 14.3. The topological polar surface area (TPSA) is 25.8 Å². The van der Waals surface area contributed by atoms with Gasteiger partial charge in [0, 0.05) is 34.4 Å². The zero-order valence-electron chi connectivity index (χ0n) is 27.8. The van der Waals surface area contributed by atoms with Crippen LogP contribution in [0.4, 0.5) is 0 Å². The molecule has 2 aromatic heterocycles. The van der Waals surface area contributed by atoms with Gasteiger partial charge in [-0.1, -0.05) is 113 Å². The summed E-state index contributed by atoms with van der Waals surface area (Å²) >= 11 is 0. The number of rotatable bonds is 4. The van der Waals surface area contributed by atoms with Crippen molar-refractivity contribution in [2.75, 3.05) is 0 Å². The van der Waals surface area contributed by atoms with Gasteiger partial charge in [-0.3, -0.25) is 9.97 Å². The fourth-order valence-electron chi connectivity index (χ4n) is 8.19. The quantitative estimate of drug-likeness (QED) is 0.197. The predicted octanol–water partition coefficient (Wildman–Crippen LogP) is 11.8. The van der Waals surface area contributed by atoms with Crippen molar-refractivity contribution in [2.24, 2.45) is 0 Å². The van der Waals surface area contributed by atoms with Crippen LogP contribution in [0.5, 0.6) is 0 Å². The van der Waals surface area contributed by atoms with Gasteiger partial charge < -0.3 is 0 Å². The lowest BCUT2D eigenvalue weighted by atomic mass is 9.79. The Morgan fingerprint density at radius 3 is 1.40 bits per heavy atom. The first-order valence-corrected chi connectivity index (χ1v) is 16.8. The Morgan fingerprint density at radius 1 is 0.333 bits per heavy atom. The Morgan fingerprint density at radius 2 is 0.792 bits per heavy atom. The van der Waals surface area contributed by atoms with E-state index >= 15 is 0 Å². The van der Waals surface area contributed by atoms with Crippen LogP contribution in [-0.4, -0.2) is 9.97 Å². The first kappa shape index (κ1) is 28.6. The number of benzene rings is 5. The van der Waals surface area contributed by atoms with E-state index < -0.39 is 0 Å². The molecule has 0 amide bonds. The smallest absolute Gasteiger partial charge is 0.0708 e. The van der Waals surface area contributed by atoms with E-state index in [1.54, 1.807) is 0 Å². The zero-order chi connectivity index (χ0) is 32.6. The highest BCUT2D eigenvalue weighted by Crippen LogP contribution is 2.53. The molecule has 2 heterocycles. The minimum Gasteiger partial charge on any atom is -0.256 e. The molecule has 2 aliphatic rings. The lowest BCUT2D eigenvalue weighted by Gasteiger charge is -2.24. The Balaban J connectivity index is 1.14. The second kappa shape index (κ2) is 10.5. The molecule has 0 saturated carbocycles. The van der Waals surface area contributed by atoms with E-state index in [1.807, 2.05) is 30.6 Å². The van der Waals surface area contributed by atoms with Crippen LogP contribution in [0.1, 0.15) is 49.9 Å². The number of fused-ring (bicyclic) bond motifs is 6. The highest BCUT2D eigenvalue weighted by atomic mass is 14.7. The summed E-state index contributed by atoms with van der Waals surface area (Å²) in [6, 6.07) is 48.8. The maximum Gasteiger partial charge on any atom is 0.0708 e. The highest BCUT2D eigenvalue weighted by Gasteiger charge is 2.37. The summed E-state index contributed by atoms with van der Waals surface area (Å²) in [6.45, 7) is 9.45. The van der Waals surface area contributed by atoms with Crippen molar-refractivity contribution < 1.29 is 0 Å². The number of hydrogen-bond donors (Lipinski definition) is 0. The third-order valence-corrected chi connectivity index (χ3v) is 10.8. The van der Waals surface area contributed by atoms with Crippen molar-refractivity contribution in [3.05, 3.63) is 168 Å². The average molecular weight is 617 g/mol. The fraction of sp³-hybridized carbons (Fsp3) is 0.130. The molecule has 7 aromatic rings. The van der Waals surface area contributed by atoms with Crippen LogP contribution < -0.4 is 0 Å². The van der Waals surface area contributed by atoms with Gasteiger partial charge in [0.25, 0.3) is 0 Å². The normalized spacial score (nSPS) is 14.6. The number of pyridine rings is 2. The lowest BCUT2D eigenvalue weighted by Crippen LogP contribution is -2.15. The third-order valence-electron chi connectivity index (χ3n) is 10.8. The van der Waals surface area contributed by atoms with Crippen molar-refractivity contribution in [1.82, 2.24) is 9.97 Å². The van der Waals surface area contributed by atoms with Crippen molar-refractivity contribution in [3.63, 3.8) is 0 Å². The standard InChI is InChI=1S/C46H36N2/c1-45(2)39-12-6-5-11-33(39)34-19-15-29(26-40(34)45)30-16-20-35-36-21-17-31(28-42(36)46(3,4)41(35)27-30)38-25-32(43-13-7-9-23-47-43)18-22-37(38)44-14-8-10-24-48-44/h5-28H,1-4H3. The van der Waals surface area contributed by atoms with Gasteiger partial charge in [-0.25, -0.2) is 0 Å². The first-order valence-electron chi connectivity index (χ1n) is 16.8. The van der Waals surface area contributed by atoms with E-state index in [2.05, 4.69) is 148 Å². The van der Waals surface area contributed by atoms with Gasteiger partial charge in [0.2, 0.25) is 0 Å². The SMILES string of the molecule is CC1(C)c2ccccc2-c2ccc(-c3ccc4c(c3)C(C)(C)c3cc(-c5cc(-c6ccccn6)ccc5-c5ccccn5)ccc3-4)cc21. The van der Waals surface area contributed by atoms with Gasteiger partial charge in [0.05, 0.1) is 11.4 Å². The monoisotopic (exact) mass is 616 g/mol. The summed E-state index contributed by atoms with van der Waals surface area (Å²) in [5.74, 6) is 0. The van der Waals surface area contributed by atoms with E-state index in [9.17, 15) is 0 Å². The zero-order valence-corrected chi connectivity index (χ0v) is 27.8. The summed E-state index contributed by atoms with van der Waals surface area (Å²) in [4.78, 5) is 9.39. The van der Waals surface area contributed by atoms with Gasteiger partial charge in [-0.2, -0.15) is 0 Å². The predicted molar refractivity (Wildman–Crippen MR) is 199 cm³/mol. The summed E-state index contributed by atoms with van der Waals surface area (Å²) in [6.07, 6.45) is 3.72. The molecule has 0 spiro atoms. The molecule has 0 saturated heterocycles. The molecule has 0 aliphatic heterocycles. The molecule has 48 heavy (non-hydrogen) atoms. The van der Waals surface area contributed by atoms with Crippen molar-refractivity contribution in [1.29, 1.82) is 0 Å². The third kappa shape index (κ3) is 4.26. The van der Waals surface area contributed by atoms with Crippen LogP contribution in [0.15, 0.2) is 146 Å². The van der Waals surface area contributed by atoms with Crippen molar-refractivity contribution >= 4 is 0 Å². The molecule has 2 aliphatic carbocycles. The Bertz CT molecular complexity index is 2380. The molecule has 0 bridgehead atoms. The summed E-state index contributed by atoms with van der Waals surface area (Å²) in [5, 5.41) is 0. The molecular formula is C46H36N2. The van der Waals surface area contributed by atoms with Gasteiger partial charge in [0.1, 0.15) is 0 Å². The van der Waals surface area contributed by atoms with Crippen LogP contribution in [0.2, 0.25) is 0 Å². The molecule has 0 atom stereocenters. The molecule has 0 fully saturated rings. The highest BCUT2D eigenvalue weighted by molar-refractivity contribution is 5.91. The van der Waals surface area contributed by atoms with E-state index in [4.69, 9.17) is 4.98 Å². The number of hydrogen-bond acceptors (Lipinski definition) is 2. The van der Waals surface area contributed by atoms with E-state index in [0.29, 0.717) is 0 Å². The minimum atomic E-state index is -0.160. The lowest BCUT2D eigenvalue weighted by molar-refractivity contribution is 0.659. The van der Waals surface area contributed by atoms with Crippen molar-refractivity contribution in [2.45, 2.75) is 38.5 Å². The van der Waals surface area contributed by atoms with Crippen LogP contribution in [0.25, 0.3) is 67.0 Å².